The molecule has 278 valence electrons. The van der Waals surface area contributed by atoms with Crippen LogP contribution < -0.4 is 5.32 Å². The van der Waals surface area contributed by atoms with Crippen molar-refractivity contribution in [2.24, 2.45) is 11.3 Å². The molecule has 4 atom stereocenters. The Morgan fingerprint density at radius 3 is 2.33 bits per heavy atom. The summed E-state index contributed by atoms with van der Waals surface area (Å²) in [5.74, 6) is -1.53. The molecule has 2 aliphatic rings. The number of hydrogen-bond donors (Lipinski definition) is 1. The van der Waals surface area contributed by atoms with Crippen LogP contribution in [0.3, 0.4) is 0 Å². The second kappa shape index (κ2) is 15.1. The van der Waals surface area contributed by atoms with Crippen LogP contribution in [0.25, 0.3) is 11.3 Å². The number of benzene rings is 2. The van der Waals surface area contributed by atoms with Gasteiger partial charge in [-0.3, -0.25) is 24.1 Å². The molecule has 3 heterocycles. The van der Waals surface area contributed by atoms with Crippen LogP contribution in [-0.2, 0) is 32.2 Å². The average molecular weight is 718 g/mol. The van der Waals surface area contributed by atoms with Crippen molar-refractivity contribution in [3.8, 4) is 11.3 Å². The lowest BCUT2D eigenvalue weighted by atomic mass is 9.85. The second-order valence-corrected chi connectivity index (χ2v) is 15.4. The molecule has 0 bridgehead atoms. The SMILES string of the molecule is CC(C(=O)NC(C(=O)N1CC=C2C1C(Cn1cc(-c3ccc(F)cc3)nn1)CN2C(=O)OCc1ccccc1)C(C)(C)C)N(C)C(=O)OC(C)(C)C. The lowest BCUT2D eigenvalue weighted by molar-refractivity contribution is -0.141. The van der Waals surface area contributed by atoms with Gasteiger partial charge in [0.25, 0.3) is 0 Å². The average Bonchev–Trinajstić information content (AvgIpc) is 3.82. The van der Waals surface area contributed by atoms with Crippen molar-refractivity contribution in [2.45, 2.75) is 85.3 Å². The second-order valence-electron chi connectivity index (χ2n) is 15.4. The zero-order valence-electron chi connectivity index (χ0n) is 31.0. The minimum Gasteiger partial charge on any atom is -0.444 e. The van der Waals surface area contributed by atoms with E-state index in [9.17, 15) is 23.6 Å². The molecule has 1 saturated heterocycles. The van der Waals surface area contributed by atoms with Gasteiger partial charge in [-0.2, -0.15) is 0 Å². The van der Waals surface area contributed by atoms with Gasteiger partial charge in [0.05, 0.1) is 12.2 Å². The van der Waals surface area contributed by atoms with Crippen LogP contribution in [0, 0.1) is 17.2 Å². The first kappa shape index (κ1) is 38.0. The molecule has 52 heavy (non-hydrogen) atoms. The highest BCUT2D eigenvalue weighted by molar-refractivity contribution is 5.92. The van der Waals surface area contributed by atoms with E-state index in [4.69, 9.17) is 9.47 Å². The maximum atomic E-state index is 14.6. The molecule has 14 heteroatoms. The van der Waals surface area contributed by atoms with E-state index in [1.54, 1.807) is 60.5 Å². The third-order valence-electron chi connectivity index (χ3n) is 9.16. The number of likely N-dealkylation sites (N-methyl/N-ethyl adjacent to an activating group) is 1. The fourth-order valence-corrected chi connectivity index (χ4v) is 6.28. The normalized spacial score (nSPS) is 18.3. The van der Waals surface area contributed by atoms with Crippen molar-refractivity contribution in [3.63, 3.8) is 0 Å². The van der Waals surface area contributed by atoms with E-state index in [2.05, 4.69) is 15.6 Å². The molecule has 0 aliphatic carbocycles. The Kier molecular flexibility index (Phi) is 11.1. The molecule has 1 fully saturated rings. The number of ether oxygens (including phenoxy) is 2. The largest absolute Gasteiger partial charge is 0.444 e. The molecule has 1 N–H and O–H groups in total. The summed E-state index contributed by atoms with van der Waals surface area (Å²) in [6.45, 7) is 13.2. The van der Waals surface area contributed by atoms with Crippen molar-refractivity contribution in [2.75, 3.05) is 20.1 Å². The van der Waals surface area contributed by atoms with Crippen LogP contribution in [0.2, 0.25) is 0 Å². The topological polar surface area (TPSA) is 139 Å². The summed E-state index contributed by atoms with van der Waals surface area (Å²) < 4.78 is 26.4. The quantitative estimate of drug-likeness (QED) is 0.318. The number of rotatable bonds is 9. The van der Waals surface area contributed by atoms with Crippen LogP contribution >= 0.6 is 0 Å². The predicted molar refractivity (Wildman–Crippen MR) is 191 cm³/mol. The Morgan fingerprint density at radius 2 is 1.69 bits per heavy atom. The highest BCUT2D eigenvalue weighted by atomic mass is 19.1. The Bertz CT molecular complexity index is 1800. The number of nitrogens with zero attached hydrogens (tertiary/aromatic N) is 6. The summed E-state index contributed by atoms with van der Waals surface area (Å²) in [6.07, 6.45) is 2.39. The van der Waals surface area contributed by atoms with Crippen LogP contribution in [0.1, 0.15) is 54.0 Å². The summed E-state index contributed by atoms with van der Waals surface area (Å²) in [5, 5.41) is 11.5. The van der Waals surface area contributed by atoms with E-state index in [1.807, 2.05) is 57.2 Å². The van der Waals surface area contributed by atoms with E-state index >= 15 is 0 Å². The van der Waals surface area contributed by atoms with Crippen molar-refractivity contribution in [3.05, 3.63) is 83.9 Å². The van der Waals surface area contributed by atoms with Crippen LogP contribution in [0.5, 0.6) is 0 Å². The number of halogens is 1. The molecule has 3 aromatic rings. The van der Waals surface area contributed by atoms with Gasteiger partial charge in [0.1, 0.15) is 35.8 Å². The van der Waals surface area contributed by atoms with Gasteiger partial charge in [-0.25, -0.2) is 14.0 Å². The van der Waals surface area contributed by atoms with Gasteiger partial charge >= 0.3 is 12.2 Å². The van der Waals surface area contributed by atoms with E-state index in [0.717, 1.165) is 5.56 Å². The first-order valence-electron chi connectivity index (χ1n) is 17.3. The maximum Gasteiger partial charge on any atom is 0.414 e. The summed E-state index contributed by atoms with van der Waals surface area (Å²) in [4.78, 5) is 58.9. The maximum absolute atomic E-state index is 14.6. The van der Waals surface area contributed by atoms with Gasteiger partial charge in [0.15, 0.2) is 0 Å². The fourth-order valence-electron chi connectivity index (χ4n) is 6.28. The minimum absolute atomic E-state index is 0.0829. The molecule has 0 spiro atoms. The molecule has 0 saturated carbocycles. The Balaban J connectivity index is 1.38. The lowest BCUT2D eigenvalue weighted by Gasteiger charge is -2.37. The van der Waals surface area contributed by atoms with Crippen LogP contribution in [0.15, 0.2) is 72.6 Å². The van der Waals surface area contributed by atoms with Crippen LogP contribution in [-0.4, -0.2) is 97.6 Å². The number of carbonyl (C=O) groups is 4. The summed E-state index contributed by atoms with van der Waals surface area (Å²) >= 11 is 0. The van der Waals surface area contributed by atoms with Gasteiger partial charge in [-0.15, -0.1) is 5.10 Å². The Labute approximate surface area is 303 Å². The van der Waals surface area contributed by atoms with Gasteiger partial charge in [-0.05, 0) is 69.0 Å². The standard InChI is InChI=1S/C38H48FN7O6/c1-24(43(8)35(49)52-38(5,6)7)33(47)40-32(37(2,3)4)34(48)45-19-18-30-31(45)27(21-46(30)36(50)51-23-25-12-10-9-11-13-25)20-44-22-29(41-42-44)26-14-16-28(39)17-15-26/h9-18,22,24,27,31-32H,19-21,23H2,1-8H3,(H,40,47). The van der Waals surface area contributed by atoms with Crippen LogP contribution in [0.4, 0.5) is 14.0 Å². The molecular formula is C38H48FN7O6. The molecular weight excluding hydrogens is 669 g/mol. The summed E-state index contributed by atoms with van der Waals surface area (Å²) in [6, 6.07) is 12.9. The Hall–Kier alpha value is -5.27. The monoisotopic (exact) mass is 717 g/mol. The summed E-state index contributed by atoms with van der Waals surface area (Å²) in [7, 11) is 1.48. The van der Waals surface area contributed by atoms with Crippen molar-refractivity contribution in [1.29, 1.82) is 0 Å². The number of amides is 4. The molecule has 2 aromatic carbocycles. The highest BCUT2D eigenvalue weighted by Crippen LogP contribution is 2.38. The fraction of sp³-hybridized carbons (Fsp3) is 0.474. The van der Waals surface area contributed by atoms with E-state index in [-0.39, 0.29) is 37.3 Å². The molecule has 2 aliphatic heterocycles. The van der Waals surface area contributed by atoms with Crippen molar-refractivity contribution < 1.29 is 33.0 Å². The molecule has 4 amide bonds. The zero-order valence-corrected chi connectivity index (χ0v) is 31.0. The number of carbonyl (C=O) groups excluding carboxylic acids is 4. The minimum atomic E-state index is -0.974. The molecule has 13 nitrogen and oxygen atoms in total. The molecule has 0 radical (unpaired) electrons. The zero-order chi connectivity index (χ0) is 38.0. The Morgan fingerprint density at radius 1 is 1.02 bits per heavy atom. The van der Waals surface area contributed by atoms with E-state index < -0.39 is 47.2 Å². The molecule has 1 aromatic heterocycles. The number of fused-ring (bicyclic) bond motifs is 1. The van der Waals surface area contributed by atoms with E-state index in [1.165, 1.54) is 24.1 Å². The number of aromatic nitrogens is 3. The third-order valence-corrected chi connectivity index (χ3v) is 9.16. The van der Waals surface area contributed by atoms with Gasteiger partial charge in [-0.1, -0.05) is 56.3 Å². The summed E-state index contributed by atoms with van der Waals surface area (Å²) in [5.41, 5.74) is 1.24. The third kappa shape index (κ3) is 8.78. The van der Waals surface area contributed by atoms with Gasteiger partial charge < -0.3 is 19.7 Å². The number of likely N-dealkylation sites (tertiary alicyclic amines) is 1. The smallest absolute Gasteiger partial charge is 0.414 e. The van der Waals surface area contributed by atoms with Crippen molar-refractivity contribution in [1.82, 2.24) is 35.0 Å². The van der Waals surface area contributed by atoms with Crippen molar-refractivity contribution >= 4 is 24.0 Å². The number of nitrogens with one attached hydrogen (secondary N) is 1. The molecule has 4 unspecified atom stereocenters. The molecule has 5 rings (SSSR count). The van der Waals surface area contributed by atoms with Gasteiger partial charge in [0.2, 0.25) is 11.8 Å². The first-order valence-corrected chi connectivity index (χ1v) is 17.3. The highest BCUT2D eigenvalue weighted by Gasteiger charge is 2.50. The van der Waals surface area contributed by atoms with E-state index in [0.29, 0.717) is 23.5 Å². The first-order chi connectivity index (χ1) is 24.4. The predicted octanol–water partition coefficient (Wildman–Crippen LogP) is 5.23. The lowest BCUT2D eigenvalue weighted by Crippen LogP contribution is -2.59. The number of hydrogen-bond acceptors (Lipinski definition) is 8. The van der Waals surface area contributed by atoms with Gasteiger partial charge in [0, 0.05) is 43.9 Å².